The first-order valence-corrected chi connectivity index (χ1v) is 13.2. The Morgan fingerprint density at radius 1 is 0.750 bits per heavy atom. The summed E-state index contributed by atoms with van der Waals surface area (Å²) in [6.07, 6.45) is 0. The molecule has 0 amide bonds. The van der Waals surface area contributed by atoms with E-state index in [1.165, 1.54) is 0 Å². The van der Waals surface area contributed by atoms with E-state index in [-0.39, 0.29) is 12.0 Å². The zero-order chi connectivity index (χ0) is 20.9. The zero-order valence-corrected chi connectivity index (χ0v) is 19.1. The molecule has 0 radical (unpaired) electrons. The standard InChI is InChI=1S/C20H26O5S3/c1-6-24-26(21)28(23)27(22)25-20(5,17-10-8-7-9-11-17)18-14-12-16(13-15-18)19(2,3)4/h7-15H,6H2,1-5H3. The second-order valence-electron chi connectivity index (χ2n) is 7.33. The fourth-order valence-corrected chi connectivity index (χ4v) is 6.33. The molecule has 0 bridgehead atoms. The molecular weight excluding hydrogens is 416 g/mol. The zero-order valence-electron chi connectivity index (χ0n) is 16.7. The van der Waals surface area contributed by atoms with E-state index in [1.54, 1.807) is 13.8 Å². The average molecular weight is 443 g/mol. The van der Waals surface area contributed by atoms with Gasteiger partial charge in [0.1, 0.15) is 5.60 Å². The van der Waals surface area contributed by atoms with Gasteiger partial charge in [-0.15, -0.1) is 0 Å². The molecule has 2 rings (SSSR count). The van der Waals surface area contributed by atoms with Crippen LogP contribution in [0.3, 0.4) is 0 Å². The van der Waals surface area contributed by atoms with Crippen LogP contribution in [0.25, 0.3) is 0 Å². The van der Waals surface area contributed by atoms with E-state index in [0.29, 0.717) is 0 Å². The highest BCUT2D eigenvalue weighted by molar-refractivity contribution is 8.91. The van der Waals surface area contributed by atoms with Crippen LogP contribution in [0.2, 0.25) is 0 Å². The Hall–Kier alpha value is -1.19. The monoisotopic (exact) mass is 442 g/mol. The summed E-state index contributed by atoms with van der Waals surface area (Å²) in [6.45, 7) is 9.83. The maximum absolute atomic E-state index is 12.6. The van der Waals surface area contributed by atoms with Crippen molar-refractivity contribution in [2.45, 2.75) is 45.6 Å². The van der Waals surface area contributed by atoms with Gasteiger partial charge in [0.25, 0.3) is 29.1 Å². The second-order valence-corrected chi connectivity index (χ2v) is 13.0. The maximum Gasteiger partial charge on any atom is 0.266 e. The Labute approximate surface area is 173 Å². The van der Waals surface area contributed by atoms with Crippen LogP contribution >= 0.6 is 0 Å². The van der Waals surface area contributed by atoms with Crippen molar-refractivity contribution in [1.82, 2.24) is 0 Å². The Balaban J connectivity index is 2.43. The highest BCUT2D eigenvalue weighted by Gasteiger charge is 2.36. The first-order chi connectivity index (χ1) is 13.1. The summed E-state index contributed by atoms with van der Waals surface area (Å²) in [5, 5.41) is 0. The van der Waals surface area contributed by atoms with Crippen molar-refractivity contribution < 1.29 is 21.0 Å². The second kappa shape index (κ2) is 9.54. The normalized spacial score (nSPS) is 17.5. The topological polar surface area (TPSA) is 69.7 Å². The molecule has 0 saturated carbocycles. The largest absolute Gasteiger partial charge is 0.280 e. The predicted molar refractivity (Wildman–Crippen MR) is 115 cm³/mol. The van der Waals surface area contributed by atoms with Gasteiger partial charge >= 0.3 is 0 Å². The first-order valence-electron chi connectivity index (χ1n) is 8.85. The Bertz CT molecular complexity index is 860. The molecule has 0 fully saturated rings. The molecular formula is C20H26O5S3. The summed E-state index contributed by atoms with van der Waals surface area (Å²) < 4.78 is 47.2. The molecule has 154 valence electrons. The molecule has 0 spiro atoms. The van der Waals surface area contributed by atoms with E-state index in [1.807, 2.05) is 54.6 Å². The lowest BCUT2D eigenvalue weighted by atomic mass is 9.83. The van der Waals surface area contributed by atoms with Crippen LogP contribution in [0.4, 0.5) is 0 Å². The van der Waals surface area contributed by atoms with Gasteiger partial charge in [-0.1, -0.05) is 75.4 Å². The Morgan fingerprint density at radius 3 is 1.75 bits per heavy atom. The molecule has 2 aromatic rings. The summed E-state index contributed by atoms with van der Waals surface area (Å²) in [6, 6.07) is 17.1. The Morgan fingerprint density at radius 2 is 1.25 bits per heavy atom. The van der Waals surface area contributed by atoms with E-state index in [4.69, 9.17) is 8.37 Å². The summed E-state index contributed by atoms with van der Waals surface area (Å²) >= 11 is 0. The molecule has 0 aliphatic rings. The van der Waals surface area contributed by atoms with Crippen molar-refractivity contribution in [3.8, 4) is 0 Å². The van der Waals surface area contributed by atoms with Gasteiger partial charge in [-0.2, -0.15) is 0 Å². The first kappa shape index (κ1) is 23.1. The van der Waals surface area contributed by atoms with Crippen molar-refractivity contribution >= 4 is 29.1 Å². The van der Waals surface area contributed by atoms with Gasteiger partial charge in [0.2, 0.25) is 0 Å². The Kier molecular flexibility index (Phi) is 7.87. The van der Waals surface area contributed by atoms with Gasteiger partial charge in [-0.05, 0) is 36.0 Å². The van der Waals surface area contributed by atoms with Crippen LogP contribution in [-0.2, 0) is 48.5 Å². The van der Waals surface area contributed by atoms with Crippen LogP contribution in [0.1, 0.15) is 51.3 Å². The lowest BCUT2D eigenvalue weighted by Crippen LogP contribution is -2.30. The average Bonchev–Trinajstić information content (AvgIpc) is 2.67. The summed E-state index contributed by atoms with van der Waals surface area (Å²) in [4.78, 5) is 0. The SMILES string of the molecule is CCOS(=O)S(=O)S(=O)OC(C)(c1ccccc1)c1ccc(C(C)(C)C)cc1. The van der Waals surface area contributed by atoms with Gasteiger partial charge in [-0.25, -0.2) is 12.6 Å². The number of hydrogen-bond acceptors (Lipinski definition) is 5. The lowest BCUT2D eigenvalue weighted by Gasteiger charge is -2.30. The van der Waals surface area contributed by atoms with E-state index < -0.39 is 34.7 Å². The predicted octanol–water partition coefficient (Wildman–Crippen LogP) is 4.21. The quantitative estimate of drug-likeness (QED) is 0.573. The highest BCUT2D eigenvalue weighted by atomic mass is 33.5. The summed E-state index contributed by atoms with van der Waals surface area (Å²) in [5.74, 6) is 0. The van der Waals surface area contributed by atoms with Crippen molar-refractivity contribution in [2.24, 2.45) is 0 Å². The molecule has 28 heavy (non-hydrogen) atoms. The third kappa shape index (κ3) is 5.45. The van der Waals surface area contributed by atoms with Crippen molar-refractivity contribution in [3.63, 3.8) is 0 Å². The smallest absolute Gasteiger partial charge is 0.266 e. The van der Waals surface area contributed by atoms with Crippen LogP contribution < -0.4 is 0 Å². The molecule has 4 unspecified atom stereocenters. The van der Waals surface area contributed by atoms with E-state index >= 15 is 0 Å². The molecule has 0 heterocycles. The summed E-state index contributed by atoms with van der Waals surface area (Å²) in [7, 11) is -6.87. The third-order valence-electron chi connectivity index (χ3n) is 4.30. The lowest BCUT2D eigenvalue weighted by molar-refractivity contribution is 0.158. The van der Waals surface area contributed by atoms with Crippen LogP contribution in [0, 0.1) is 0 Å². The fraction of sp³-hybridized carbons (Fsp3) is 0.400. The third-order valence-corrected chi connectivity index (χ3v) is 9.47. The van der Waals surface area contributed by atoms with Gasteiger partial charge in [-0.3, -0.25) is 8.37 Å². The van der Waals surface area contributed by atoms with Crippen LogP contribution in [0.15, 0.2) is 54.6 Å². The minimum atomic E-state index is -2.34. The van der Waals surface area contributed by atoms with Crippen molar-refractivity contribution in [2.75, 3.05) is 6.61 Å². The van der Waals surface area contributed by atoms with Crippen LogP contribution in [-0.4, -0.2) is 19.2 Å². The van der Waals surface area contributed by atoms with E-state index in [2.05, 4.69) is 20.8 Å². The molecule has 0 saturated heterocycles. The van der Waals surface area contributed by atoms with Crippen LogP contribution in [0.5, 0.6) is 0 Å². The molecule has 2 aromatic carbocycles. The molecule has 8 heteroatoms. The van der Waals surface area contributed by atoms with E-state index in [0.717, 1.165) is 16.7 Å². The van der Waals surface area contributed by atoms with Gasteiger partial charge in [0.15, 0.2) is 0 Å². The number of rotatable bonds is 8. The minimum Gasteiger partial charge on any atom is -0.280 e. The number of benzene rings is 2. The molecule has 0 N–H and O–H groups in total. The highest BCUT2D eigenvalue weighted by Crippen LogP contribution is 2.36. The molecule has 4 atom stereocenters. The van der Waals surface area contributed by atoms with Gasteiger partial charge in [0.05, 0.1) is 6.61 Å². The van der Waals surface area contributed by atoms with Gasteiger partial charge < -0.3 is 0 Å². The van der Waals surface area contributed by atoms with E-state index in [9.17, 15) is 12.6 Å². The summed E-state index contributed by atoms with van der Waals surface area (Å²) in [5.41, 5.74) is 1.48. The number of hydrogen-bond donors (Lipinski definition) is 0. The fourth-order valence-electron chi connectivity index (χ4n) is 2.65. The minimum absolute atomic E-state index is 0.0127. The molecule has 0 aliphatic carbocycles. The van der Waals surface area contributed by atoms with Crippen molar-refractivity contribution in [3.05, 3.63) is 71.3 Å². The molecule has 0 aliphatic heterocycles. The molecule has 5 nitrogen and oxygen atoms in total. The van der Waals surface area contributed by atoms with Crippen molar-refractivity contribution in [1.29, 1.82) is 0 Å². The maximum atomic E-state index is 12.6. The van der Waals surface area contributed by atoms with Gasteiger partial charge in [0, 0.05) is 0 Å². The molecule has 0 aromatic heterocycles.